The van der Waals surface area contributed by atoms with E-state index in [1.54, 1.807) is 49.8 Å². The maximum Gasteiger partial charge on any atom is 0.230 e. The van der Waals surface area contributed by atoms with Gasteiger partial charge in [0, 0.05) is 24.9 Å². The molecule has 2 unspecified atom stereocenters. The smallest absolute Gasteiger partial charge is 0.230 e. The van der Waals surface area contributed by atoms with Crippen LogP contribution in [0.25, 0.3) is 0 Å². The van der Waals surface area contributed by atoms with Gasteiger partial charge >= 0.3 is 0 Å². The maximum absolute atomic E-state index is 13.7. The Bertz CT molecular complexity index is 1170. The zero-order valence-corrected chi connectivity index (χ0v) is 18.9. The third-order valence-electron chi connectivity index (χ3n) is 4.77. The lowest BCUT2D eigenvalue weighted by Gasteiger charge is -2.28. The number of ether oxygens (including phenoxy) is 1. The van der Waals surface area contributed by atoms with Crippen molar-refractivity contribution in [2.24, 2.45) is 4.99 Å². The Kier molecular flexibility index (Phi) is 7.53. The number of halogens is 1. The van der Waals surface area contributed by atoms with E-state index in [0.29, 0.717) is 18.1 Å². The fraction of sp³-hybridized carbons (Fsp3) is 0.261. The maximum atomic E-state index is 13.7. The fourth-order valence-corrected chi connectivity index (χ4v) is 4.05. The van der Waals surface area contributed by atoms with Crippen molar-refractivity contribution in [1.82, 2.24) is 9.97 Å². The standard InChI is InChI=1S/C23H25FN4O3S/c1-4-26-23(31-2)22(17-7-6-14-25-15-17)21(16-10-12-18(24)13-11-16)19-8-5-9-20(27-19)28-32(3,29)30/h5-15,21-22H,4H2,1-3H3,(H,27,28). The molecule has 0 aliphatic carbocycles. The highest BCUT2D eigenvalue weighted by atomic mass is 32.2. The first kappa shape index (κ1) is 23.3. The van der Waals surface area contributed by atoms with Crippen molar-refractivity contribution in [2.75, 3.05) is 24.6 Å². The normalized spacial score (nSPS) is 13.9. The quantitative estimate of drug-likeness (QED) is 0.409. The van der Waals surface area contributed by atoms with E-state index in [1.165, 1.54) is 12.1 Å². The number of hydrogen-bond donors (Lipinski definition) is 1. The minimum absolute atomic E-state index is 0.188. The summed E-state index contributed by atoms with van der Waals surface area (Å²) >= 11 is 0. The van der Waals surface area contributed by atoms with E-state index in [0.717, 1.165) is 17.4 Å². The topological polar surface area (TPSA) is 93.5 Å². The van der Waals surface area contributed by atoms with Crippen LogP contribution in [0.2, 0.25) is 0 Å². The third kappa shape index (κ3) is 5.88. The van der Waals surface area contributed by atoms with E-state index < -0.39 is 21.9 Å². The molecule has 7 nitrogen and oxygen atoms in total. The highest BCUT2D eigenvalue weighted by molar-refractivity contribution is 7.92. The van der Waals surface area contributed by atoms with E-state index >= 15 is 0 Å². The summed E-state index contributed by atoms with van der Waals surface area (Å²) in [7, 11) is -1.96. The van der Waals surface area contributed by atoms with Crippen LogP contribution in [-0.4, -0.2) is 44.2 Å². The number of aliphatic imine (C=N–C) groups is 1. The van der Waals surface area contributed by atoms with Gasteiger partial charge in [-0.25, -0.2) is 17.8 Å². The first-order valence-electron chi connectivity index (χ1n) is 10.0. The van der Waals surface area contributed by atoms with E-state index in [2.05, 4.69) is 19.7 Å². The lowest BCUT2D eigenvalue weighted by Crippen LogP contribution is -2.25. The molecular weight excluding hydrogens is 431 g/mol. The molecule has 3 aromatic rings. The molecule has 3 rings (SSSR count). The lowest BCUT2D eigenvalue weighted by atomic mass is 9.79. The number of methoxy groups -OCH3 is 1. The highest BCUT2D eigenvalue weighted by Crippen LogP contribution is 2.39. The molecule has 2 aromatic heterocycles. The molecular formula is C23H25FN4O3S. The van der Waals surface area contributed by atoms with Gasteiger partial charge in [-0.15, -0.1) is 0 Å². The summed E-state index contributed by atoms with van der Waals surface area (Å²) < 4.78 is 45.3. The van der Waals surface area contributed by atoms with Crippen LogP contribution in [-0.2, 0) is 14.8 Å². The largest absolute Gasteiger partial charge is 0.484 e. The van der Waals surface area contributed by atoms with Gasteiger partial charge in [0.05, 0.1) is 25.0 Å². The zero-order chi connectivity index (χ0) is 23.1. The summed E-state index contributed by atoms with van der Waals surface area (Å²) in [6, 6.07) is 14.9. The van der Waals surface area contributed by atoms with Crippen molar-refractivity contribution in [2.45, 2.75) is 18.8 Å². The lowest BCUT2D eigenvalue weighted by molar-refractivity contribution is 0.373. The number of benzene rings is 1. The highest BCUT2D eigenvalue weighted by Gasteiger charge is 2.33. The predicted molar refractivity (Wildman–Crippen MR) is 123 cm³/mol. The van der Waals surface area contributed by atoms with Gasteiger partial charge in [0.1, 0.15) is 11.6 Å². The van der Waals surface area contributed by atoms with Crippen molar-refractivity contribution in [3.8, 4) is 0 Å². The van der Waals surface area contributed by atoms with Gasteiger partial charge in [-0.05, 0) is 48.4 Å². The van der Waals surface area contributed by atoms with Gasteiger partial charge < -0.3 is 4.74 Å². The Balaban J connectivity index is 2.24. The van der Waals surface area contributed by atoms with Crippen LogP contribution < -0.4 is 4.72 Å². The second-order valence-corrected chi connectivity index (χ2v) is 8.88. The van der Waals surface area contributed by atoms with E-state index in [9.17, 15) is 12.8 Å². The second kappa shape index (κ2) is 10.3. The van der Waals surface area contributed by atoms with Gasteiger partial charge in [-0.3, -0.25) is 14.7 Å². The molecule has 0 saturated heterocycles. The Morgan fingerprint density at radius 1 is 1.12 bits per heavy atom. The molecule has 0 radical (unpaired) electrons. The minimum atomic E-state index is -3.51. The molecule has 9 heteroatoms. The SMILES string of the molecule is CCN=C(OC)C(c1cccnc1)C(c1ccc(F)cc1)c1cccc(NS(C)(=O)=O)n1. The van der Waals surface area contributed by atoms with Crippen LogP contribution in [0, 0.1) is 5.82 Å². The molecule has 0 amide bonds. The number of sulfonamides is 1. The number of nitrogens with zero attached hydrogens (tertiary/aromatic N) is 3. The summed E-state index contributed by atoms with van der Waals surface area (Å²) in [5.74, 6) is -0.585. The molecule has 0 aliphatic heterocycles. The Labute approximate surface area is 187 Å². The van der Waals surface area contributed by atoms with Gasteiger partial charge in [0.25, 0.3) is 0 Å². The van der Waals surface area contributed by atoms with Crippen LogP contribution in [0.15, 0.2) is 72.0 Å². The van der Waals surface area contributed by atoms with Crippen molar-refractivity contribution in [1.29, 1.82) is 0 Å². The van der Waals surface area contributed by atoms with Gasteiger partial charge in [-0.2, -0.15) is 0 Å². The van der Waals surface area contributed by atoms with Crippen molar-refractivity contribution >= 4 is 21.7 Å². The molecule has 0 bridgehead atoms. The van der Waals surface area contributed by atoms with Gasteiger partial charge in [0.15, 0.2) is 5.90 Å². The van der Waals surface area contributed by atoms with Gasteiger partial charge in [0.2, 0.25) is 10.0 Å². The number of pyridine rings is 2. The number of nitrogens with one attached hydrogen (secondary N) is 1. The monoisotopic (exact) mass is 456 g/mol. The first-order valence-corrected chi connectivity index (χ1v) is 11.9. The van der Waals surface area contributed by atoms with E-state index in [4.69, 9.17) is 4.74 Å². The number of hydrogen-bond acceptors (Lipinski definition) is 6. The minimum Gasteiger partial charge on any atom is -0.484 e. The van der Waals surface area contributed by atoms with Crippen molar-refractivity contribution in [3.63, 3.8) is 0 Å². The van der Waals surface area contributed by atoms with Gasteiger partial charge in [-0.1, -0.05) is 24.3 Å². The molecule has 0 aliphatic rings. The van der Waals surface area contributed by atoms with Crippen LogP contribution in [0.4, 0.5) is 10.2 Å². The fourth-order valence-electron chi connectivity index (χ4n) is 3.56. The van der Waals surface area contributed by atoms with Crippen LogP contribution >= 0.6 is 0 Å². The molecule has 2 atom stereocenters. The zero-order valence-electron chi connectivity index (χ0n) is 18.1. The number of aromatic nitrogens is 2. The molecule has 0 spiro atoms. The summed E-state index contributed by atoms with van der Waals surface area (Å²) in [5, 5.41) is 0. The molecule has 168 valence electrons. The van der Waals surface area contributed by atoms with Crippen molar-refractivity contribution in [3.05, 3.63) is 89.6 Å². The van der Waals surface area contributed by atoms with Crippen LogP contribution in [0.1, 0.15) is 35.6 Å². The predicted octanol–water partition coefficient (Wildman–Crippen LogP) is 3.97. The molecule has 0 saturated carbocycles. The third-order valence-corrected chi connectivity index (χ3v) is 5.35. The number of anilines is 1. The summed E-state index contributed by atoms with van der Waals surface area (Å²) in [5.41, 5.74) is 2.17. The molecule has 32 heavy (non-hydrogen) atoms. The Morgan fingerprint density at radius 3 is 2.47 bits per heavy atom. The first-order chi connectivity index (χ1) is 15.3. The Morgan fingerprint density at radius 2 is 1.88 bits per heavy atom. The molecule has 1 N–H and O–H groups in total. The average Bonchev–Trinajstić information content (AvgIpc) is 2.76. The summed E-state index contributed by atoms with van der Waals surface area (Å²) in [4.78, 5) is 13.4. The Hall–Kier alpha value is -3.33. The van der Waals surface area contributed by atoms with E-state index in [-0.39, 0.29) is 11.6 Å². The molecule has 1 aromatic carbocycles. The summed E-state index contributed by atoms with van der Waals surface area (Å²) in [6.45, 7) is 2.40. The second-order valence-electron chi connectivity index (χ2n) is 7.13. The van der Waals surface area contributed by atoms with Crippen molar-refractivity contribution < 1.29 is 17.5 Å². The number of rotatable bonds is 8. The molecule has 2 heterocycles. The molecule has 0 fully saturated rings. The summed E-state index contributed by atoms with van der Waals surface area (Å²) in [6.07, 6.45) is 4.46. The van der Waals surface area contributed by atoms with Crippen LogP contribution in [0.3, 0.4) is 0 Å². The van der Waals surface area contributed by atoms with E-state index in [1.807, 2.05) is 19.1 Å². The average molecular weight is 457 g/mol. The van der Waals surface area contributed by atoms with Crippen LogP contribution in [0.5, 0.6) is 0 Å².